The zero-order chi connectivity index (χ0) is 12.6. The van der Waals surface area contributed by atoms with Gasteiger partial charge >= 0.3 is 5.97 Å². The first-order valence-electron chi connectivity index (χ1n) is 4.64. The summed E-state index contributed by atoms with van der Waals surface area (Å²) in [6.07, 6.45) is 0. The van der Waals surface area contributed by atoms with Gasteiger partial charge in [-0.05, 0) is 12.1 Å². The summed E-state index contributed by atoms with van der Waals surface area (Å²) in [5.74, 6) is -0.992. The predicted molar refractivity (Wildman–Crippen MR) is 63.9 cm³/mol. The highest BCUT2D eigenvalue weighted by Crippen LogP contribution is 2.30. The first-order valence-corrected chi connectivity index (χ1v) is 5.39. The van der Waals surface area contributed by atoms with Crippen molar-refractivity contribution in [1.82, 2.24) is 9.55 Å². The minimum absolute atomic E-state index is 0.209. The molecule has 0 saturated heterocycles. The van der Waals surface area contributed by atoms with Gasteiger partial charge in [-0.3, -0.25) is 9.36 Å². The van der Waals surface area contributed by atoms with Crippen LogP contribution in [-0.2, 0) is 11.3 Å². The number of ether oxygens (including phenoxy) is 1. The summed E-state index contributed by atoms with van der Waals surface area (Å²) >= 11 is 11.7. The summed E-state index contributed by atoms with van der Waals surface area (Å²) in [5, 5.41) is 9.53. The third-order valence-electron chi connectivity index (χ3n) is 2.23. The average molecular weight is 275 g/mol. The first kappa shape index (κ1) is 12.0. The van der Waals surface area contributed by atoms with Crippen LogP contribution in [0.1, 0.15) is 0 Å². The molecule has 0 aliphatic carbocycles. The van der Waals surface area contributed by atoms with Crippen molar-refractivity contribution in [2.24, 2.45) is 0 Å². The van der Waals surface area contributed by atoms with E-state index in [-0.39, 0.29) is 12.6 Å². The highest BCUT2D eigenvalue weighted by molar-refractivity contribution is 6.42. The van der Waals surface area contributed by atoms with Crippen LogP contribution in [0.3, 0.4) is 0 Å². The summed E-state index contributed by atoms with van der Waals surface area (Å²) in [6.45, 7) is -0.252. The van der Waals surface area contributed by atoms with Crippen LogP contribution >= 0.6 is 23.2 Å². The molecular weight excluding hydrogens is 267 g/mol. The summed E-state index contributed by atoms with van der Waals surface area (Å²) < 4.78 is 6.43. The van der Waals surface area contributed by atoms with E-state index in [1.165, 1.54) is 11.7 Å². The highest BCUT2D eigenvalue weighted by atomic mass is 35.5. The van der Waals surface area contributed by atoms with E-state index >= 15 is 0 Å². The fraction of sp³-hybridized carbons (Fsp3) is 0.200. The van der Waals surface area contributed by atoms with Gasteiger partial charge in [0.1, 0.15) is 6.54 Å². The minimum atomic E-state index is -0.992. The number of carboxylic acid groups (broad SMARTS) is 1. The lowest BCUT2D eigenvalue weighted by atomic mass is 10.3. The zero-order valence-corrected chi connectivity index (χ0v) is 10.3. The number of halogens is 2. The Kier molecular flexibility index (Phi) is 3.13. The largest absolute Gasteiger partial charge is 0.480 e. The maximum atomic E-state index is 10.8. The Labute approximate surface area is 107 Å². The maximum Gasteiger partial charge on any atom is 0.323 e. The lowest BCUT2D eigenvalue weighted by molar-refractivity contribution is -0.137. The second-order valence-electron chi connectivity index (χ2n) is 3.33. The van der Waals surface area contributed by atoms with Crippen LogP contribution in [-0.4, -0.2) is 27.7 Å². The van der Waals surface area contributed by atoms with Crippen molar-refractivity contribution >= 4 is 40.2 Å². The third kappa shape index (κ3) is 2.16. The molecule has 0 saturated carbocycles. The molecular formula is C10H8Cl2N2O3. The van der Waals surface area contributed by atoms with Crippen molar-refractivity contribution in [3.63, 3.8) is 0 Å². The molecule has 1 heterocycles. The van der Waals surface area contributed by atoms with Crippen LogP contribution < -0.4 is 4.74 Å². The van der Waals surface area contributed by atoms with Crippen molar-refractivity contribution in [3.8, 4) is 6.01 Å². The van der Waals surface area contributed by atoms with Crippen LogP contribution in [0, 0.1) is 0 Å². The van der Waals surface area contributed by atoms with Gasteiger partial charge in [-0.25, -0.2) is 0 Å². The van der Waals surface area contributed by atoms with Gasteiger partial charge in [-0.15, -0.1) is 0 Å². The van der Waals surface area contributed by atoms with E-state index in [1.807, 2.05) is 0 Å². The normalized spacial score (nSPS) is 10.8. The van der Waals surface area contributed by atoms with Gasteiger partial charge in [0.15, 0.2) is 0 Å². The lowest BCUT2D eigenvalue weighted by Gasteiger charge is -2.04. The summed E-state index contributed by atoms with van der Waals surface area (Å²) in [5.41, 5.74) is 1.11. The van der Waals surface area contributed by atoms with Crippen LogP contribution in [0.4, 0.5) is 0 Å². The molecule has 0 aliphatic heterocycles. The van der Waals surface area contributed by atoms with Crippen molar-refractivity contribution in [1.29, 1.82) is 0 Å². The van der Waals surface area contributed by atoms with Gasteiger partial charge < -0.3 is 9.84 Å². The number of aliphatic carboxylic acids is 1. The molecule has 0 atom stereocenters. The van der Waals surface area contributed by atoms with E-state index in [9.17, 15) is 4.79 Å². The summed E-state index contributed by atoms with van der Waals surface area (Å²) in [7, 11) is 1.42. The number of rotatable bonds is 3. The predicted octanol–water partition coefficient (Wildman–Crippen LogP) is 2.44. The van der Waals surface area contributed by atoms with Crippen molar-refractivity contribution in [3.05, 3.63) is 22.2 Å². The Morgan fingerprint density at radius 1 is 1.47 bits per heavy atom. The molecule has 0 amide bonds. The number of benzene rings is 1. The number of hydrogen-bond acceptors (Lipinski definition) is 3. The summed E-state index contributed by atoms with van der Waals surface area (Å²) in [4.78, 5) is 14.9. The molecule has 1 N–H and O–H groups in total. The van der Waals surface area contributed by atoms with Crippen molar-refractivity contribution in [2.75, 3.05) is 7.11 Å². The molecule has 5 nitrogen and oxygen atoms in total. The zero-order valence-electron chi connectivity index (χ0n) is 8.78. The van der Waals surface area contributed by atoms with Crippen molar-refractivity contribution in [2.45, 2.75) is 6.54 Å². The van der Waals surface area contributed by atoms with E-state index in [4.69, 9.17) is 33.0 Å². The molecule has 0 radical (unpaired) electrons. The Bertz CT molecular complexity index is 595. The number of carbonyl (C=O) groups is 1. The van der Waals surface area contributed by atoms with Gasteiger partial charge in [0.05, 0.1) is 28.2 Å². The van der Waals surface area contributed by atoms with Crippen molar-refractivity contribution < 1.29 is 14.6 Å². The van der Waals surface area contributed by atoms with Gasteiger partial charge in [-0.2, -0.15) is 4.98 Å². The number of imidazole rings is 1. The smallest absolute Gasteiger partial charge is 0.323 e. The standard InChI is InChI=1S/C10H8Cl2N2O3/c1-17-10-13-7-2-5(11)6(12)3-8(7)14(10)4-9(15)16/h2-3H,4H2,1H3,(H,15,16). The molecule has 0 bridgehead atoms. The molecule has 2 rings (SSSR count). The molecule has 0 aliphatic rings. The number of carboxylic acids is 1. The number of nitrogens with zero attached hydrogens (tertiary/aromatic N) is 2. The number of methoxy groups -OCH3 is 1. The maximum absolute atomic E-state index is 10.8. The molecule has 0 unspecified atom stereocenters. The summed E-state index contributed by atoms with van der Waals surface area (Å²) in [6, 6.07) is 3.35. The van der Waals surface area contributed by atoms with Gasteiger partial charge in [-0.1, -0.05) is 23.2 Å². The second kappa shape index (κ2) is 4.43. The minimum Gasteiger partial charge on any atom is -0.480 e. The molecule has 1 aromatic heterocycles. The number of aromatic nitrogens is 2. The lowest BCUT2D eigenvalue weighted by Crippen LogP contribution is -2.09. The Hall–Kier alpha value is -1.46. The van der Waals surface area contributed by atoms with Crippen LogP contribution in [0.15, 0.2) is 12.1 Å². The van der Waals surface area contributed by atoms with Gasteiger partial charge in [0.2, 0.25) is 0 Å². The van der Waals surface area contributed by atoms with E-state index < -0.39 is 5.97 Å². The fourth-order valence-corrected chi connectivity index (χ4v) is 1.86. The van der Waals surface area contributed by atoms with Gasteiger partial charge in [0.25, 0.3) is 6.01 Å². The van der Waals surface area contributed by atoms with E-state index in [1.54, 1.807) is 12.1 Å². The Morgan fingerprint density at radius 2 is 2.12 bits per heavy atom. The molecule has 0 fully saturated rings. The Morgan fingerprint density at radius 3 is 2.71 bits per heavy atom. The van der Waals surface area contributed by atoms with E-state index in [0.29, 0.717) is 21.1 Å². The Balaban J connectivity index is 2.69. The van der Waals surface area contributed by atoms with Crippen LogP contribution in [0.2, 0.25) is 10.0 Å². The third-order valence-corrected chi connectivity index (χ3v) is 2.95. The molecule has 17 heavy (non-hydrogen) atoms. The van der Waals surface area contributed by atoms with E-state index in [0.717, 1.165) is 0 Å². The second-order valence-corrected chi connectivity index (χ2v) is 4.15. The highest BCUT2D eigenvalue weighted by Gasteiger charge is 2.15. The van der Waals surface area contributed by atoms with Gasteiger partial charge in [0, 0.05) is 0 Å². The molecule has 2 aromatic rings. The number of fused-ring (bicyclic) bond motifs is 1. The quantitative estimate of drug-likeness (QED) is 0.934. The molecule has 7 heteroatoms. The van der Waals surface area contributed by atoms with Crippen LogP contribution in [0.5, 0.6) is 6.01 Å². The fourth-order valence-electron chi connectivity index (χ4n) is 1.54. The SMILES string of the molecule is COc1nc2cc(Cl)c(Cl)cc2n1CC(=O)O. The topological polar surface area (TPSA) is 64.4 Å². The molecule has 90 valence electrons. The molecule has 0 spiro atoms. The monoisotopic (exact) mass is 274 g/mol. The van der Waals surface area contributed by atoms with Crippen LogP contribution in [0.25, 0.3) is 11.0 Å². The average Bonchev–Trinajstić information content (AvgIpc) is 2.57. The first-order chi connectivity index (χ1) is 8.02. The van der Waals surface area contributed by atoms with E-state index in [2.05, 4.69) is 4.98 Å². The number of hydrogen-bond donors (Lipinski definition) is 1. The molecule has 1 aromatic carbocycles.